The summed E-state index contributed by atoms with van der Waals surface area (Å²) in [5.74, 6) is 0.318. The molecule has 0 aliphatic heterocycles. The van der Waals surface area contributed by atoms with Gasteiger partial charge in [0.15, 0.2) is 0 Å². The molecule has 0 amide bonds. The van der Waals surface area contributed by atoms with E-state index in [2.05, 4.69) is 13.0 Å². The number of hydrogen-bond acceptors (Lipinski definition) is 2. The second-order valence-electron chi connectivity index (χ2n) is 4.06. The summed E-state index contributed by atoms with van der Waals surface area (Å²) in [7, 11) is 0. The summed E-state index contributed by atoms with van der Waals surface area (Å²) in [5.41, 5.74) is 5.68. The van der Waals surface area contributed by atoms with Crippen LogP contribution in [0.15, 0.2) is 12.2 Å². The van der Waals surface area contributed by atoms with E-state index in [1.54, 1.807) is 0 Å². The van der Waals surface area contributed by atoms with Gasteiger partial charge in [0.05, 0.1) is 6.10 Å². The normalized spacial score (nSPS) is 36.2. The Morgan fingerprint density at radius 1 is 1.69 bits per heavy atom. The van der Waals surface area contributed by atoms with Gasteiger partial charge in [-0.25, -0.2) is 4.39 Å². The maximum atomic E-state index is 12.1. The monoisotopic (exact) mass is 187 g/mol. The van der Waals surface area contributed by atoms with Gasteiger partial charge < -0.3 is 10.8 Å². The molecule has 2 nitrogen and oxygen atoms in total. The van der Waals surface area contributed by atoms with Gasteiger partial charge in [-0.05, 0) is 25.2 Å². The van der Waals surface area contributed by atoms with Crippen LogP contribution in [-0.4, -0.2) is 23.4 Å². The molecule has 1 aliphatic carbocycles. The molecule has 3 N–H and O–H groups in total. The van der Waals surface area contributed by atoms with Gasteiger partial charge in [-0.1, -0.05) is 19.1 Å². The van der Waals surface area contributed by atoms with E-state index in [9.17, 15) is 9.50 Å². The van der Waals surface area contributed by atoms with E-state index in [1.165, 1.54) is 0 Å². The molecule has 76 valence electrons. The molecule has 0 spiro atoms. The molecule has 0 aromatic carbocycles. The summed E-state index contributed by atoms with van der Waals surface area (Å²) in [6, 6.07) is 0. The van der Waals surface area contributed by atoms with Gasteiger partial charge in [0.2, 0.25) is 0 Å². The number of aliphatic hydroxyl groups is 1. The first-order chi connectivity index (χ1) is 6.08. The van der Waals surface area contributed by atoms with Crippen LogP contribution in [0.3, 0.4) is 0 Å². The van der Waals surface area contributed by atoms with E-state index in [0.717, 1.165) is 12.8 Å². The van der Waals surface area contributed by atoms with Crippen LogP contribution in [-0.2, 0) is 0 Å². The molecular formula is C10H18FNO. The Labute approximate surface area is 78.6 Å². The van der Waals surface area contributed by atoms with Gasteiger partial charge in [0.1, 0.15) is 6.67 Å². The first kappa shape index (κ1) is 10.7. The topological polar surface area (TPSA) is 46.2 Å². The molecular weight excluding hydrogens is 169 g/mol. The Kier molecular flexibility index (Phi) is 3.45. The highest BCUT2D eigenvalue weighted by molar-refractivity contribution is 5.05. The summed E-state index contributed by atoms with van der Waals surface area (Å²) < 4.78 is 12.1. The van der Waals surface area contributed by atoms with E-state index in [4.69, 9.17) is 5.73 Å². The van der Waals surface area contributed by atoms with Gasteiger partial charge in [0, 0.05) is 5.54 Å². The van der Waals surface area contributed by atoms with E-state index < -0.39 is 18.3 Å². The van der Waals surface area contributed by atoms with Gasteiger partial charge >= 0.3 is 0 Å². The Morgan fingerprint density at radius 2 is 2.38 bits per heavy atom. The number of nitrogens with two attached hydrogens (primary N) is 1. The molecule has 3 heteroatoms. The van der Waals surface area contributed by atoms with Crippen molar-refractivity contribution in [1.29, 1.82) is 0 Å². The van der Waals surface area contributed by atoms with Crippen LogP contribution in [0.25, 0.3) is 0 Å². The third-order valence-electron chi connectivity index (χ3n) is 2.93. The minimum Gasteiger partial charge on any atom is -0.390 e. The van der Waals surface area contributed by atoms with Crippen LogP contribution in [0.5, 0.6) is 0 Å². The molecule has 0 aromatic heterocycles. The van der Waals surface area contributed by atoms with Gasteiger partial charge in [0.25, 0.3) is 0 Å². The lowest BCUT2D eigenvalue weighted by Gasteiger charge is -2.38. The fourth-order valence-electron chi connectivity index (χ4n) is 1.82. The average Bonchev–Trinajstić information content (AvgIpc) is 2.10. The van der Waals surface area contributed by atoms with Crippen molar-refractivity contribution in [3.05, 3.63) is 12.2 Å². The minimum atomic E-state index is -0.904. The van der Waals surface area contributed by atoms with Crippen LogP contribution in [0.1, 0.15) is 26.2 Å². The lowest BCUT2D eigenvalue weighted by Crippen LogP contribution is -2.49. The van der Waals surface area contributed by atoms with Gasteiger partial charge in [-0.15, -0.1) is 0 Å². The van der Waals surface area contributed by atoms with Gasteiger partial charge in [-0.3, -0.25) is 0 Å². The fraction of sp³-hybridized carbons (Fsp3) is 0.800. The zero-order chi connectivity index (χ0) is 9.90. The predicted octanol–water partition coefficient (Wildman–Crippen LogP) is 1.39. The van der Waals surface area contributed by atoms with E-state index >= 15 is 0 Å². The Hall–Kier alpha value is -0.410. The van der Waals surface area contributed by atoms with Gasteiger partial charge in [-0.2, -0.15) is 0 Å². The molecule has 0 saturated heterocycles. The lowest BCUT2D eigenvalue weighted by atomic mass is 9.74. The molecule has 0 heterocycles. The highest BCUT2D eigenvalue weighted by Gasteiger charge is 2.34. The number of aliphatic hydroxyl groups excluding tert-OH is 1. The maximum absolute atomic E-state index is 12.1. The molecule has 13 heavy (non-hydrogen) atoms. The van der Waals surface area contributed by atoms with Crippen LogP contribution >= 0.6 is 0 Å². The quantitative estimate of drug-likeness (QED) is 0.656. The molecule has 0 saturated carbocycles. The predicted molar refractivity (Wildman–Crippen MR) is 51.1 cm³/mol. The third kappa shape index (κ3) is 2.51. The standard InChI is InChI=1S/C10H18FNO/c1-8-4-2-3-5-10(8,12)6-9(13)7-11/h2-3,8-9,13H,4-7,12H2,1H3. The molecule has 3 atom stereocenters. The van der Waals surface area contributed by atoms with Crippen LogP contribution in [0.2, 0.25) is 0 Å². The lowest BCUT2D eigenvalue weighted by molar-refractivity contribution is 0.0860. The maximum Gasteiger partial charge on any atom is 0.115 e. The van der Waals surface area contributed by atoms with Crippen LogP contribution in [0, 0.1) is 5.92 Å². The summed E-state index contributed by atoms with van der Waals surface area (Å²) in [5, 5.41) is 9.21. The second kappa shape index (κ2) is 4.20. The molecule has 1 aliphatic rings. The molecule has 0 bridgehead atoms. The van der Waals surface area contributed by atoms with Crippen molar-refractivity contribution in [2.75, 3.05) is 6.67 Å². The molecule has 0 aromatic rings. The van der Waals surface area contributed by atoms with E-state index in [1.807, 2.05) is 6.08 Å². The third-order valence-corrected chi connectivity index (χ3v) is 2.93. The molecule has 3 unspecified atom stereocenters. The fourth-order valence-corrected chi connectivity index (χ4v) is 1.82. The second-order valence-corrected chi connectivity index (χ2v) is 4.06. The minimum absolute atomic E-state index is 0.318. The number of halogens is 1. The number of allylic oxidation sites excluding steroid dienone is 1. The average molecular weight is 187 g/mol. The van der Waals surface area contributed by atoms with Crippen molar-refractivity contribution >= 4 is 0 Å². The summed E-state index contributed by atoms with van der Waals surface area (Å²) in [6.45, 7) is 1.35. The molecule has 1 rings (SSSR count). The molecule has 0 fully saturated rings. The van der Waals surface area contributed by atoms with Crippen molar-refractivity contribution in [1.82, 2.24) is 0 Å². The first-order valence-corrected chi connectivity index (χ1v) is 4.76. The van der Waals surface area contributed by atoms with Crippen molar-refractivity contribution in [3.63, 3.8) is 0 Å². The number of alkyl halides is 1. The van der Waals surface area contributed by atoms with Crippen LogP contribution in [0.4, 0.5) is 4.39 Å². The van der Waals surface area contributed by atoms with Crippen molar-refractivity contribution < 1.29 is 9.50 Å². The Bertz CT molecular complexity index is 195. The SMILES string of the molecule is CC1CC=CCC1(N)CC(O)CF. The van der Waals surface area contributed by atoms with Crippen molar-refractivity contribution in [2.45, 2.75) is 37.8 Å². The van der Waals surface area contributed by atoms with E-state index in [0.29, 0.717) is 12.3 Å². The zero-order valence-electron chi connectivity index (χ0n) is 8.04. The van der Waals surface area contributed by atoms with Crippen LogP contribution < -0.4 is 5.73 Å². The first-order valence-electron chi connectivity index (χ1n) is 4.76. The highest BCUT2D eigenvalue weighted by Crippen LogP contribution is 2.31. The Morgan fingerprint density at radius 3 is 2.92 bits per heavy atom. The number of rotatable bonds is 3. The summed E-state index contributed by atoms with van der Waals surface area (Å²) >= 11 is 0. The van der Waals surface area contributed by atoms with E-state index in [-0.39, 0.29) is 0 Å². The summed E-state index contributed by atoms with van der Waals surface area (Å²) in [4.78, 5) is 0. The highest BCUT2D eigenvalue weighted by atomic mass is 19.1. The summed E-state index contributed by atoms with van der Waals surface area (Å²) in [6.07, 6.45) is 5.23. The van der Waals surface area contributed by atoms with Crippen molar-refractivity contribution in [3.8, 4) is 0 Å². The molecule has 0 radical (unpaired) electrons. The largest absolute Gasteiger partial charge is 0.390 e. The Balaban J connectivity index is 2.58. The number of hydrogen-bond donors (Lipinski definition) is 2. The smallest absolute Gasteiger partial charge is 0.115 e. The van der Waals surface area contributed by atoms with Crippen molar-refractivity contribution in [2.24, 2.45) is 11.7 Å². The zero-order valence-corrected chi connectivity index (χ0v) is 8.04.